The van der Waals surface area contributed by atoms with Crippen LogP contribution in [-0.4, -0.2) is 16.1 Å². The third kappa shape index (κ3) is 2.88. The summed E-state index contributed by atoms with van der Waals surface area (Å²) in [4.78, 5) is 14.0. The first-order valence-electron chi connectivity index (χ1n) is 4.29. The first kappa shape index (κ1) is 12.8. The van der Waals surface area contributed by atoms with Crippen LogP contribution in [0.1, 0.15) is 23.4 Å². The van der Waals surface area contributed by atoms with Gasteiger partial charge in [0.25, 0.3) is 6.43 Å². The molecule has 0 aliphatic rings. The van der Waals surface area contributed by atoms with Crippen molar-refractivity contribution >= 4 is 27.6 Å². The molecule has 88 valence electrons. The summed E-state index contributed by atoms with van der Waals surface area (Å²) >= 11 is 3.09. The summed E-state index contributed by atoms with van der Waals surface area (Å²) < 4.78 is 25.1. The highest BCUT2D eigenvalue weighted by molar-refractivity contribution is 9.08. The van der Waals surface area contributed by atoms with Gasteiger partial charge in [-0.2, -0.15) is 0 Å². The first-order valence-corrected chi connectivity index (χ1v) is 5.42. The summed E-state index contributed by atoms with van der Waals surface area (Å²) in [6.07, 6.45) is -3.22. The van der Waals surface area contributed by atoms with Gasteiger partial charge in [0.15, 0.2) is 0 Å². The number of anilines is 1. The highest BCUT2D eigenvalue weighted by Gasteiger charge is 2.18. The number of hydrogen-bond donors (Lipinski definition) is 2. The van der Waals surface area contributed by atoms with E-state index in [0.717, 1.165) is 0 Å². The zero-order valence-corrected chi connectivity index (χ0v) is 9.67. The van der Waals surface area contributed by atoms with Crippen molar-refractivity contribution in [2.75, 3.05) is 5.73 Å². The molecule has 0 saturated carbocycles. The second-order valence-electron chi connectivity index (χ2n) is 3.08. The summed E-state index contributed by atoms with van der Waals surface area (Å²) in [6, 6.07) is 1.41. The molecule has 0 spiro atoms. The molecule has 0 atom stereocenters. The normalized spacial score (nSPS) is 10.8. The Morgan fingerprint density at radius 1 is 1.62 bits per heavy atom. The first-order chi connectivity index (χ1) is 7.45. The van der Waals surface area contributed by atoms with Gasteiger partial charge in [0.2, 0.25) is 0 Å². The lowest BCUT2D eigenvalue weighted by molar-refractivity contribution is -0.136. The molecule has 16 heavy (non-hydrogen) atoms. The van der Waals surface area contributed by atoms with Crippen molar-refractivity contribution < 1.29 is 18.7 Å². The van der Waals surface area contributed by atoms with Crippen LogP contribution in [0.2, 0.25) is 0 Å². The second-order valence-corrected chi connectivity index (χ2v) is 3.64. The van der Waals surface area contributed by atoms with Crippen molar-refractivity contribution in [3.8, 4) is 0 Å². The number of nitrogens with zero attached hydrogens (tertiary/aromatic N) is 1. The molecule has 0 bridgehead atoms. The van der Waals surface area contributed by atoms with Gasteiger partial charge >= 0.3 is 5.97 Å². The zero-order chi connectivity index (χ0) is 12.3. The standard InChI is InChI=1S/C9H9BrF2N2O2/c10-3-4-1-5(2-6(15)16)14-8(7(4)13)9(11)12/h1,9H,2-3,13H2,(H,15,16). The van der Waals surface area contributed by atoms with Crippen LogP contribution in [0, 0.1) is 0 Å². The summed E-state index contributed by atoms with van der Waals surface area (Å²) in [6.45, 7) is 0. The van der Waals surface area contributed by atoms with E-state index >= 15 is 0 Å². The lowest BCUT2D eigenvalue weighted by Gasteiger charge is -2.10. The van der Waals surface area contributed by atoms with Crippen LogP contribution in [-0.2, 0) is 16.5 Å². The fourth-order valence-electron chi connectivity index (χ4n) is 1.21. The number of nitrogens with two attached hydrogens (primary N) is 1. The number of rotatable bonds is 4. The van der Waals surface area contributed by atoms with Crippen molar-refractivity contribution in [2.45, 2.75) is 18.2 Å². The molecule has 0 amide bonds. The largest absolute Gasteiger partial charge is 0.481 e. The van der Waals surface area contributed by atoms with Crippen LogP contribution < -0.4 is 5.73 Å². The number of aliphatic carboxylic acids is 1. The molecule has 1 aromatic heterocycles. The van der Waals surface area contributed by atoms with Crippen molar-refractivity contribution in [3.05, 3.63) is 23.0 Å². The summed E-state index contributed by atoms with van der Waals surface area (Å²) in [5.74, 6) is -1.13. The van der Waals surface area contributed by atoms with Crippen molar-refractivity contribution in [1.29, 1.82) is 0 Å². The molecule has 7 heteroatoms. The number of hydrogen-bond acceptors (Lipinski definition) is 3. The Hall–Kier alpha value is -1.24. The number of halogens is 3. The van der Waals surface area contributed by atoms with Gasteiger partial charge in [-0.3, -0.25) is 4.79 Å². The Bertz CT molecular complexity index is 413. The summed E-state index contributed by atoms with van der Waals surface area (Å²) in [5, 5.41) is 8.83. The number of carbonyl (C=O) groups is 1. The van der Waals surface area contributed by atoms with Crippen molar-refractivity contribution in [3.63, 3.8) is 0 Å². The maximum Gasteiger partial charge on any atom is 0.309 e. The van der Waals surface area contributed by atoms with E-state index in [-0.39, 0.29) is 16.7 Å². The van der Waals surface area contributed by atoms with Gasteiger partial charge in [-0.25, -0.2) is 13.8 Å². The molecule has 0 fully saturated rings. The smallest absolute Gasteiger partial charge is 0.309 e. The molecule has 0 radical (unpaired) electrons. The van der Waals surface area contributed by atoms with Gasteiger partial charge in [0.1, 0.15) is 5.69 Å². The average molecular weight is 295 g/mol. The van der Waals surface area contributed by atoms with Gasteiger partial charge in [0, 0.05) is 5.33 Å². The number of pyridine rings is 1. The third-order valence-electron chi connectivity index (χ3n) is 1.91. The number of carboxylic acid groups (broad SMARTS) is 1. The van der Waals surface area contributed by atoms with E-state index in [0.29, 0.717) is 5.56 Å². The number of nitrogen functional groups attached to an aromatic ring is 1. The lowest BCUT2D eigenvalue weighted by atomic mass is 10.1. The molecule has 0 unspecified atom stereocenters. The maximum atomic E-state index is 12.6. The van der Waals surface area contributed by atoms with Crippen LogP contribution in [0.15, 0.2) is 6.07 Å². The van der Waals surface area contributed by atoms with E-state index in [1.807, 2.05) is 0 Å². The predicted molar refractivity (Wildman–Crippen MR) is 57.6 cm³/mol. The molecule has 1 aromatic rings. The van der Waals surface area contributed by atoms with Crippen LogP contribution in [0.5, 0.6) is 0 Å². The van der Waals surface area contributed by atoms with E-state index in [9.17, 15) is 13.6 Å². The molecule has 0 aliphatic carbocycles. The van der Waals surface area contributed by atoms with Gasteiger partial charge < -0.3 is 10.8 Å². The van der Waals surface area contributed by atoms with Gasteiger partial charge in [-0.15, -0.1) is 0 Å². The Morgan fingerprint density at radius 2 is 2.25 bits per heavy atom. The SMILES string of the molecule is Nc1c(CBr)cc(CC(=O)O)nc1C(F)F. The minimum Gasteiger partial charge on any atom is -0.481 e. The molecule has 0 saturated heterocycles. The molecule has 0 aromatic carbocycles. The highest BCUT2D eigenvalue weighted by Crippen LogP contribution is 2.28. The minimum absolute atomic E-state index is 0.0754. The molecule has 1 heterocycles. The van der Waals surface area contributed by atoms with E-state index < -0.39 is 24.5 Å². The Morgan fingerprint density at radius 3 is 2.69 bits per heavy atom. The van der Waals surface area contributed by atoms with E-state index in [1.165, 1.54) is 6.07 Å². The van der Waals surface area contributed by atoms with Crippen LogP contribution >= 0.6 is 15.9 Å². The zero-order valence-electron chi connectivity index (χ0n) is 8.08. The number of aromatic nitrogens is 1. The minimum atomic E-state index is -2.81. The molecular weight excluding hydrogens is 286 g/mol. The van der Waals surface area contributed by atoms with Crippen LogP contribution in [0.3, 0.4) is 0 Å². The van der Waals surface area contributed by atoms with Crippen molar-refractivity contribution in [1.82, 2.24) is 4.98 Å². The molecule has 4 nitrogen and oxygen atoms in total. The second kappa shape index (κ2) is 5.20. The van der Waals surface area contributed by atoms with Gasteiger partial charge in [0.05, 0.1) is 17.8 Å². The quantitative estimate of drug-likeness (QED) is 0.834. The number of alkyl halides is 3. The monoisotopic (exact) mass is 294 g/mol. The third-order valence-corrected chi connectivity index (χ3v) is 2.51. The molecule has 0 aliphatic heterocycles. The van der Waals surface area contributed by atoms with E-state index in [4.69, 9.17) is 10.8 Å². The molecular formula is C9H9BrF2N2O2. The summed E-state index contributed by atoms with van der Waals surface area (Å²) in [5.41, 5.74) is 5.31. The fourth-order valence-corrected chi connectivity index (χ4v) is 1.68. The van der Waals surface area contributed by atoms with Gasteiger partial charge in [-0.1, -0.05) is 15.9 Å². The lowest BCUT2D eigenvalue weighted by Crippen LogP contribution is -2.09. The van der Waals surface area contributed by atoms with Gasteiger partial charge in [-0.05, 0) is 11.6 Å². The highest BCUT2D eigenvalue weighted by atomic mass is 79.9. The maximum absolute atomic E-state index is 12.6. The van der Waals surface area contributed by atoms with E-state index in [1.54, 1.807) is 0 Å². The Balaban J connectivity index is 3.22. The number of carboxylic acids is 1. The topological polar surface area (TPSA) is 76.2 Å². The summed E-state index contributed by atoms with van der Waals surface area (Å²) in [7, 11) is 0. The van der Waals surface area contributed by atoms with Crippen molar-refractivity contribution in [2.24, 2.45) is 0 Å². The average Bonchev–Trinajstić information content (AvgIpc) is 2.19. The Kier molecular flexibility index (Phi) is 4.17. The Labute approximate surface area is 98.6 Å². The molecule has 1 rings (SSSR count). The molecule has 3 N–H and O–H groups in total. The van der Waals surface area contributed by atoms with E-state index in [2.05, 4.69) is 20.9 Å². The predicted octanol–water partition coefficient (Wildman–Crippen LogP) is 2.12. The van der Waals surface area contributed by atoms with Crippen LogP contribution in [0.4, 0.5) is 14.5 Å². The van der Waals surface area contributed by atoms with Crippen LogP contribution in [0.25, 0.3) is 0 Å². The fraction of sp³-hybridized carbons (Fsp3) is 0.333.